The molecular formula is C17H23NO2. The second-order valence-corrected chi connectivity index (χ2v) is 5.56. The highest BCUT2D eigenvalue weighted by Gasteiger charge is 2.23. The molecular weight excluding hydrogens is 250 g/mol. The van der Waals surface area contributed by atoms with Gasteiger partial charge in [0.1, 0.15) is 11.3 Å². The average Bonchev–Trinajstić information content (AvgIpc) is 3.12. The maximum absolute atomic E-state index is 6.02. The van der Waals surface area contributed by atoms with E-state index in [-0.39, 0.29) is 6.04 Å². The van der Waals surface area contributed by atoms with Gasteiger partial charge in [-0.3, -0.25) is 0 Å². The van der Waals surface area contributed by atoms with Gasteiger partial charge in [0.05, 0.1) is 12.1 Å². The maximum atomic E-state index is 6.02. The quantitative estimate of drug-likeness (QED) is 0.862. The summed E-state index contributed by atoms with van der Waals surface area (Å²) in [5.74, 6) is 1.04. The zero-order chi connectivity index (χ0) is 13.8. The first kappa shape index (κ1) is 13.7. The van der Waals surface area contributed by atoms with Crippen molar-refractivity contribution in [2.45, 2.75) is 44.8 Å². The molecule has 20 heavy (non-hydrogen) atoms. The van der Waals surface area contributed by atoms with Crippen LogP contribution in [0.2, 0.25) is 0 Å². The van der Waals surface area contributed by atoms with E-state index in [2.05, 4.69) is 30.4 Å². The fourth-order valence-electron chi connectivity index (χ4n) is 2.89. The molecule has 2 unspecified atom stereocenters. The molecule has 1 aliphatic heterocycles. The molecule has 1 N–H and O–H groups in total. The maximum Gasteiger partial charge on any atom is 0.134 e. The Bertz CT molecular complexity index is 510. The van der Waals surface area contributed by atoms with Crippen molar-refractivity contribution in [1.29, 1.82) is 0 Å². The minimum absolute atomic E-state index is 0.255. The van der Waals surface area contributed by atoms with Crippen molar-refractivity contribution in [1.82, 2.24) is 5.32 Å². The predicted molar refractivity (Wildman–Crippen MR) is 80.8 cm³/mol. The van der Waals surface area contributed by atoms with Crippen LogP contribution in [0.1, 0.15) is 44.4 Å². The third-order valence-electron chi connectivity index (χ3n) is 3.95. The van der Waals surface area contributed by atoms with E-state index in [1.165, 1.54) is 18.2 Å². The van der Waals surface area contributed by atoms with Crippen LogP contribution in [0.25, 0.3) is 11.0 Å². The molecule has 0 amide bonds. The number of hydrogen-bond acceptors (Lipinski definition) is 3. The summed E-state index contributed by atoms with van der Waals surface area (Å²) in [7, 11) is 0. The minimum atomic E-state index is 0.255. The lowest BCUT2D eigenvalue weighted by atomic mass is 10.0. The van der Waals surface area contributed by atoms with Gasteiger partial charge in [0.15, 0.2) is 0 Å². The molecule has 0 bridgehead atoms. The van der Waals surface area contributed by atoms with Crippen molar-refractivity contribution < 1.29 is 9.15 Å². The van der Waals surface area contributed by atoms with Gasteiger partial charge in [0, 0.05) is 12.0 Å². The van der Waals surface area contributed by atoms with Crippen LogP contribution in [-0.2, 0) is 4.74 Å². The number of nitrogens with one attached hydrogen (secondary N) is 1. The SMILES string of the molecule is CCCNC(CC1CCCO1)c1cc2ccccc2o1. The van der Waals surface area contributed by atoms with Crippen LogP contribution in [0.4, 0.5) is 0 Å². The molecule has 0 spiro atoms. The Labute approximate surface area is 120 Å². The van der Waals surface area contributed by atoms with Gasteiger partial charge in [-0.1, -0.05) is 25.1 Å². The van der Waals surface area contributed by atoms with Crippen molar-refractivity contribution in [3.63, 3.8) is 0 Å². The Morgan fingerprint density at radius 1 is 1.35 bits per heavy atom. The molecule has 3 heteroatoms. The van der Waals surface area contributed by atoms with Crippen LogP contribution in [0.5, 0.6) is 0 Å². The summed E-state index contributed by atoms with van der Waals surface area (Å²) < 4.78 is 11.8. The molecule has 108 valence electrons. The summed E-state index contributed by atoms with van der Waals surface area (Å²) in [5.41, 5.74) is 0.970. The number of furan rings is 1. The summed E-state index contributed by atoms with van der Waals surface area (Å²) in [6.45, 7) is 4.11. The lowest BCUT2D eigenvalue weighted by Gasteiger charge is -2.19. The minimum Gasteiger partial charge on any atom is -0.459 e. The zero-order valence-corrected chi connectivity index (χ0v) is 12.1. The molecule has 1 aromatic heterocycles. The number of para-hydroxylation sites is 1. The number of benzene rings is 1. The van der Waals surface area contributed by atoms with Crippen LogP contribution in [0.15, 0.2) is 34.7 Å². The number of fused-ring (bicyclic) bond motifs is 1. The summed E-state index contributed by atoms with van der Waals surface area (Å²) >= 11 is 0. The molecule has 2 heterocycles. The third-order valence-corrected chi connectivity index (χ3v) is 3.95. The van der Waals surface area contributed by atoms with Gasteiger partial charge in [-0.25, -0.2) is 0 Å². The summed E-state index contributed by atoms with van der Waals surface area (Å²) in [6, 6.07) is 10.6. The summed E-state index contributed by atoms with van der Waals surface area (Å²) in [5, 5.41) is 4.78. The number of ether oxygens (including phenoxy) is 1. The molecule has 3 nitrogen and oxygen atoms in total. The highest BCUT2D eigenvalue weighted by Crippen LogP contribution is 2.29. The molecule has 1 saturated heterocycles. The van der Waals surface area contributed by atoms with Crippen molar-refractivity contribution >= 4 is 11.0 Å². The Morgan fingerprint density at radius 3 is 3.00 bits per heavy atom. The van der Waals surface area contributed by atoms with Crippen molar-refractivity contribution in [3.8, 4) is 0 Å². The first-order chi connectivity index (χ1) is 9.86. The van der Waals surface area contributed by atoms with E-state index in [0.717, 1.165) is 37.3 Å². The topological polar surface area (TPSA) is 34.4 Å². The third kappa shape index (κ3) is 3.05. The summed E-state index contributed by atoms with van der Waals surface area (Å²) in [6.07, 6.45) is 4.86. The molecule has 1 fully saturated rings. The highest BCUT2D eigenvalue weighted by molar-refractivity contribution is 5.77. The van der Waals surface area contributed by atoms with E-state index in [1.807, 2.05) is 12.1 Å². The number of rotatable bonds is 6. The van der Waals surface area contributed by atoms with Crippen molar-refractivity contribution in [2.75, 3.05) is 13.2 Å². The number of hydrogen-bond donors (Lipinski definition) is 1. The van der Waals surface area contributed by atoms with Crippen molar-refractivity contribution in [2.24, 2.45) is 0 Å². The Hall–Kier alpha value is -1.32. The molecule has 2 atom stereocenters. The van der Waals surface area contributed by atoms with E-state index >= 15 is 0 Å². The van der Waals surface area contributed by atoms with E-state index in [9.17, 15) is 0 Å². The molecule has 1 aromatic carbocycles. The zero-order valence-electron chi connectivity index (χ0n) is 12.1. The van der Waals surface area contributed by atoms with Gasteiger partial charge in [0.25, 0.3) is 0 Å². The molecule has 2 aromatic rings. The van der Waals surface area contributed by atoms with E-state index in [4.69, 9.17) is 9.15 Å². The monoisotopic (exact) mass is 273 g/mol. The summed E-state index contributed by atoms with van der Waals surface area (Å²) in [4.78, 5) is 0. The Kier molecular flexibility index (Phi) is 4.38. The largest absolute Gasteiger partial charge is 0.459 e. The first-order valence-corrected chi connectivity index (χ1v) is 7.70. The average molecular weight is 273 g/mol. The molecule has 3 rings (SSSR count). The van der Waals surface area contributed by atoms with Gasteiger partial charge < -0.3 is 14.5 Å². The van der Waals surface area contributed by atoms with Crippen LogP contribution in [0.3, 0.4) is 0 Å². The van der Waals surface area contributed by atoms with E-state index in [1.54, 1.807) is 0 Å². The van der Waals surface area contributed by atoms with Crippen molar-refractivity contribution in [3.05, 3.63) is 36.1 Å². The second-order valence-electron chi connectivity index (χ2n) is 5.56. The molecule has 0 radical (unpaired) electrons. The predicted octanol–water partition coefficient (Wildman–Crippen LogP) is 4.04. The normalized spacial score (nSPS) is 20.6. The molecule has 1 aliphatic rings. The van der Waals surface area contributed by atoms with Gasteiger partial charge in [-0.2, -0.15) is 0 Å². The smallest absolute Gasteiger partial charge is 0.134 e. The fourth-order valence-corrected chi connectivity index (χ4v) is 2.89. The lowest BCUT2D eigenvalue weighted by Crippen LogP contribution is -2.25. The highest BCUT2D eigenvalue weighted by atomic mass is 16.5. The standard InChI is InChI=1S/C17H23NO2/c1-2-9-18-15(12-14-7-5-10-19-14)17-11-13-6-3-4-8-16(13)20-17/h3-4,6,8,11,14-15,18H,2,5,7,9-10,12H2,1H3. The lowest BCUT2D eigenvalue weighted by molar-refractivity contribution is 0.0922. The Morgan fingerprint density at radius 2 is 2.25 bits per heavy atom. The van der Waals surface area contributed by atoms with Crippen LogP contribution in [0, 0.1) is 0 Å². The van der Waals surface area contributed by atoms with Gasteiger partial charge in [-0.15, -0.1) is 0 Å². The van der Waals surface area contributed by atoms with Crippen LogP contribution in [-0.4, -0.2) is 19.3 Å². The van der Waals surface area contributed by atoms with Gasteiger partial charge in [0.2, 0.25) is 0 Å². The van der Waals surface area contributed by atoms with E-state index in [0.29, 0.717) is 6.10 Å². The first-order valence-electron chi connectivity index (χ1n) is 7.70. The van der Waals surface area contributed by atoms with Gasteiger partial charge >= 0.3 is 0 Å². The Balaban J connectivity index is 1.79. The van der Waals surface area contributed by atoms with Crippen LogP contribution >= 0.6 is 0 Å². The van der Waals surface area contributed by atoms with E-state index < -0.39 is 0 Å². The van der Waals surface area contributed by atoms with Gasteiger partial charge in [-0.05, 0) is 44.4 Å². The van der Waals surface area contributed by atoms with Crippen LogP contribution < -0.4 is 5.32 Å². The fraction of sp³-hybridized carbons (Fsp3) is 0.529. The molecule has 0 saturated carbocycles. The second kappa shape index (κ2) is 6.42. The molecule has 0 aliphatic carbocycles.